The van der Waals surface area contributed by atoms with E-state index in [9.17, 15) is 19.5 Å². The molecule has 1 N–H and O–H groups in total. The number of carbonyl (C=O) groups is 3. The molecule has 2 atom stereocenters. The Bertz CT molecular complexity index is 1710. The maximum atomic E-state index is 12.9. The van der Waals surface area contributed by atoms with Crippen molar-refractivity contribution in [3.05, 3.63) is 109 Å². The van der Waals surface area contributed by atoms with E-state index >= 15 is 0 Å². The van der Waals surface area contributed by atoms with Crippen LogP contribution in [0.15, 0.2) is 109 Å². The first-order valence-corrected chi connectivity index (χ1v) is 33.6. The van der Waals surface area contributed by atoms with E-state index in [-0.39, 0.29) is 32.2 Å². The third-order valence-corrected chi connectivity index (χ3v) is 14.3. The molecular weight excluding hydrogens is 1020 g/mol. The van der Waals surface area contributed by atoms with Crippen LogP contribution >= 0.6 is 0 Å². The third-order valence-electron chi connectivity index (χ3n) is 14.3. The fourth-order valence-corrected chi connectivity index (χ4v) is 9.18. The number of likely N-dealkylation sites (N-methyl/N-ethyl adjacent to an activating group) is 1. The van der Waals surface area contributed by atoms with Gasteiger partial charge >= 0.3 is 17.9 Å². The topological polar surface area (TPSA) is 108 Å². The summed E-state index contributed by atoms with van der Waals surface area (Å²) in [6.45, 7) is 4.77. The van der Waals surface area contributed by atoms with Gasteiger partial charge in [-0.05, 0) is 83.5 Å². The van der Waals surface area contributed by atoms with Crippen LogP contribution in [0.1, 0.15) is 277 Å². The summed E-state index contributed by atoms with van der Waals surface area (Å²) in [6.07, 6.45) is 84.7. The number of hydrogen-bond donors (Lipinski definition) is 1. The van der Waals surface area contributed by atoms with Crippen LogP contribution in [0.3, 0.4) is 0 Å². The van der Waals surface area contributed by atoms with Crippen molar-refractivity contribution in [2.75, 3.05) is 47.5 Å². The van der Waals surface area contributed by atoms with Crippen molar-refractivity contribution in [3.63, 3.8) is 0 Å². The SMILES string of the molecule is CC/C=C\C/C=C\C/C=C\C/C=C\C/C=C\C/C=C\C/C=C\C/C=C\C/C=C\CCCCCCCCCC(=O)OC(COC(=O)CCCCCCCCCCCCCCCCCCCCCCCC)COC(OCC[N+](C)(C)C)C(=O)O. The summed E-state index contributed by atoms with van der Waals surface area (Å²) < 4.78 is 22.9. The van der Waals surface area contributed by atoms with Gasteiger partial charge in [0.1, 0.15) is 13.2 Å². The molecule has 0 aliphatic heterocycles. The van der Waals surface area contributed by atoms with Crippen LogP contribution in [-0.4, -0.2) is 87.4 Å². The van der Waals surface area contributed by atoms with Crippen LogP contribution in [-0.2, 0) is 33.3 Å². The van der Waals surface area contributed by atoms with Crippen LogP contribution in [0, 0.1) is 0 Å². The van der Waals surface area contributed by atoms with E-state index < -0.39 is 24.3 Å². The molecule has 470 valence electrons. The van der Waals surface area contributed by atoms with Crippen molar-refractivity contribution < 1.29 is 42.9 Å². The summed E-state index contributed by atoms with van der Waals surface area (Å²) in [6, 6.07) is 0. The van der Waals surface area contributed by atoms with Gasteiger partial charge in [-0.3, -0.25) is 9.59 Å². The average molecular weight is 1150 g/mol. The van der Waals surface area contributed by atoms with Crippen molar-refractivity contribution in [2.45, 2.75) is 289 Å². The standard InChI is InChI=1S/C73H125NO8/c1-6-8-10-12-14-16-18-20-22-24-26-28-30-31-32-33-34-35-36-37-38-39-40-41-42-44-46-48-50-52-54-56-58-60-62-64-71(76)82-69(68-81-73(72(77)78)79-66-65-74(3,4)5)67-80-70(75)63-61-59-57-55-53-51-49-47-45-43-29-27-25-23-21-19-17-15-13-11-9-7-2/h8,10,14,16,20,22,26,28,31-32,34-35,37-38,40-41,44,46,69,73H,6-7,9,11-13,15,17-19,21,23-25,27,29-30,33,36,39,42-43,45,47-68H2,1-5H3/p+1/b10-8-,16-14-,22-20-,28-26-,32-31-,35-34-,38-37-,41-40-,46-44-. The smallest absolute Gasteiger partial charge is 0.361 e. The minimum Gasteiger partial charge on any atom is -0.477 e. The number of carbonyl (C=O) groups excluding carboxylic acids is 2. The Balaban J connectivity index is 4.21. The maximum Gasteiger partial charge on any atom is 0.361 e. The molecule has 0 aliphatic rings. The van der Waals surface area contributed by atoms with Gasteiger partial charge in [0.05, 0.1) is 34.4 Å². The van der Waals surface area contributed by atoms with Gasteiger partial charge in [-0.1, -0.05) is 290 Å². The van der Waals surface area contributed by atoms with Crippen LogP contribution in [0.2, 0.25) is 0 Å². The Hall–Kier alpha value is -4.05. The van der Waals surface area contributed by atoms with Gasteiger partial charge in [0.25, 0.3) is 6.29 Å². The number of unbranched alkanes of at least 4 members (excludes halogenated alkanes) is 28. The number of nitrogens with zero attached hydrogens (tertiary/aromatic N) is 1. The first kappa shape index (κ1) is 78.0. The number of allylic oxidation sites excluding steroid dienone is 18. The van der Waals surface area contributed by atoms with E-state index in [0.29, 0.717) is 23.9 Å². The van der Waals surface area contributed by atoms with E-state index in [0.717, 1.165) is 103 Å². The van der Waals surface area contributed by atoms with Gasteiger partial charge in [0.15, 0.2) is 6.10 Å². The zero-order valence-corrected chi connectivity index (χ0v) is 53.6. The highest BCUT2D eigenvalue weighted by Crippen LogP contribution is 2.17. The van der Waals surface area contributed by atoms with Crippen molar-refractivity contribution in [1.29, 1.82) is 0 Å². The molecule has 0 rings (SSSR count). The summed E-state index contributed by atoms with van der Waals surface area (Å²) in [7, 11) is 5.97. The Kier molecular flexibility index (Phi) is 59.9. The number of quaternary nitrogens is 1. The van der Waals surface area contributed by atoms with Crippen LogP contribution < -0.4 is 0 Å². The Morgan fingerprint density at radius 3 is 1.04 bits per heavy atom. The number of hydrogen-bond acceptors (Lipinski definition) is 7. The predicted octanol–water partition coefficient (Wildman–Crippen LogP) is 20.6. The van der Waals surface area contributed by atoms with E-state index in [1.54, 1.807) is 0 Å². The Labute approximate surface area is 505 Å². The molecule has 0 radical (unpaired) electrons. The third kappa shape index (κ3) is 63.5. The molecule has 0 spiro atoms. The monoisotopic (exact) mass is 1140 g/mol. The number of aliphatic carboxylic acids is 1. The molecule has 82 heavy (non-hydrogen) atoms. The Morgan fingerprint density at radius 1 is 0.378 bits per heavy atom. The van der Waals surface area contributed by atoms with Gasteiger partial charge in [-0.25, -0.2) is 4.79 Å². The molecule has 0 aromatic carbocycles. The molecule has 0 aliphatic carbocycles. The number of carboxylic acids is 1. The lowest BCUT2D eigenvalue weighted by Crippen LogP contribution is -2.40. The molecule has 9 nitrogen and oxygen atoms in total. The van der Waals surface area contributed by atoms with Gasteiger partial charge in [-0.15, -0.1) is 0 Å². The molecule has 0 aromatic rings. The number of ether oxygens (including phenoxy) is 4. The summed E-state index contributed by atoms with van der Waals surface area (Å²) >= 11 is 0. The highest BCUT2D eigenvalue weighted by atomic mass is 16.7. The number of carboxylic acid groups (broad SMARTS) is 1. The van der Waals surface area contributed by atoms with Crippen molar-refractivity contribution in [1.82, 2.24) is 0 Å². The number of rotatable bonds is 61. The minimum atomic E-state index is -1.52. The molecule has 0 fully saturated rings. The molecule has 2 unspecified atom stereocenters. The van der Waals surface area contributed by atoms with E-state index in [2.05, 4.69) is 123 Å². The molecule has 0 bridgehead atoms. The second-order valence-corrected chi connectivity index (χ2v) is 23.4. The minimum absolute atomic E-state index is 0.182. The fraction of sp³-hybridized carbons (Fsp3) is 0.712. The van der Waals surface area contributed by atoms with Gasteiger partial charge < -0.3 is 28.5 Å². The summed E-state index contributed by atoms with van der Waals surface area (Å²) in [5.74, 6) is -2.02. The predicted molar refractivity (Wildman–Crippen MR) is 350 cm³/mol. The summed E-state index contributed by atoms with van der Waals surface area (Å²) in [5.41, 5.74) is 0. The van der Waals surface area contributed by atoms with Crippen LogP contribution in [0.5, 0.6) is 0 Å². The molecule has 0 aromatic heterocycles. The maximum absolute atomic E-state index is 12.9. The second-order valence-electron chi connectivity index (χ2n) is 23.4. The zero-order valence-electron chi connectivity index (χ0n) is 53.6. The molecule has 9 heteroatoms. The van der Waals surface area contributed by atoms with E-state index in [4.69, 9.17) is 18.9 Å². The molecule has 0 saturated heterocycles. The zero-order chi connectivity index (χ0) is 59.8. The molecule has 0 saturated carbocycles. The van der Waals surface area contributed by atoms with Crippen molar-refractivity contribution >= 4 is 17.9 Å². The molecule has 0 heterocycles. The average Bonchev–Trinajstić information content (AvgIpc) is 3.45. The molecular formula is C73H126NO8+. The van der Waals surface area contributed by atoms with Crippen LogP contribution in [0.25, 0.3) is 0 Å². The van der Waals surface area contributed by atoms with E-state index in [1.807, 2.05) is 21.1 Å². The van der Waals surface area contributed by atoms with Crippen LogP contribution in [0.4, 0.5) is 0 Å². The first-order valence-electron chi connectivity index (χ1n) is 33.6. The summed E-state index contributed by atoms with van der Waals surface area (Å²) in [5, 5.41) is 9.73. The van der Waals surface area contributed by atoms with E-state index in [1.165, 1.54) is 141 Å². The van der Waals surface area contributed by atoms with Crippen molar-refractivity contribution in [2.24, 2.45) is 0 Å². The highest BCUT2D eigenvalue weighted by Gasteiger charge is 2.25. The highest BCUT2D eigenvalue weighted by molar-refractivity contribution is 5.71. The van der Waals surface area contributed by atoms with Gasteiger partial charge in [-0.2, -0.15) is 0 Å². The lowest BCUT2D eigenvalue weighted by molar-refractivity contribution is -0.870. The largest absolute Gasteiger partial charge is 0.477 e. The fourth-order valence-electron chi connectivity index (χ4n) is 9.18. The van der Waals surface area contributed by atoms with Crippen molar-refractivity contribution in [3.8, 4) is 0 Å². The van der Waals surface area contributed by atoms with Gasteiger partial charge in [0.2, 0.25) is 0 Å². The number of esters is 2. The second kappa shape index (κ2) is 63.0. The molecule has 0 amide bonds. The quantitative estimate of drug-likeness (QED) is 0.0211. The summed E-state index contributed by atoms with van der Waals surface area (Å²) in [4.78, 5) is 37.6. The first-order chi connectivity index (χ1) is 40.1. The Morgan fingerprint density at radius 2 is 0.695 bits per heavy atom. The van der Waals surface area contributed by atoms with Gasteiger partial charge in [0, 0.05) is 12.8 Å². The lowest BCUT2D eigenvalue weighted by atomic mass is 10.0. The lowest BCUT2D eigenvalue weighted by Gasteiger charge is -2.25. The normalized spacial score (nSPS) is 13.4.